The van der Waals surface area contributed by atoms with E-state index in [-0.39, 0.29) is 11.8 Å². The minimum atomic E-state index is 0.0141. The second-order valence-corrected chi connectivity index (χ2v) is 7.51. The van der Waals surface area contributed by atoms with Gasteiger partial charge < -0.3 is 10.2 Å². The van der Waals surface area contributed by atoms with E-state index in [0.29, 0.717) is 25.3 Å². The number of carbonyl (C=O) groups excluding carboxylic acids is 2. The van der Waals surface area contributed by atoms with Gasteiger partial charge in [0.15, 0.2) is 0 Å². The summed E-state index contributed by atoms with van der Waals surface area (Å²) in [6, 6.07) is 9.78. The third-order valence-electron chi connectivity index (χ3n) is 4.92. The predicted molar refractivity (Wildman–Crippen MR) is 106 cm³/mol. The first-order chi connectivity index (χ1) is 12.9. The molecule has 1 atom stereocenters. The van der Waals surface area contributed by atoms with Crippen LogP contribution in [0.5, 0.6) is 0 Å². The van der Waals surface area contributed by atoms with Gasteiger partial charge in [-0.1, -0.05) is 19.1 Å². The molecule has 1 aromatic heterocycles. The maximum absolute atomic E-state index is 12.2. The molecule has 0 unspecified atom stereocenters. The fourth-order valence-corrected chi connectivity index (χ4v) is 3.47. The van der Waals surface area contributed by atoms with Gasteiger partial charge in [-0.2, -0.15) is 5.10 Å². The van der Waals surface area contributed by atoms with Crippen molar-refractivity contribution in [2.24, 2.45) is 5.92 Å². The quantitative estimate of drug-likeness (QED) is 0.817. The minimum Gasteiger partial charge on any atom is -0.355 e. The van der Waals surface area contributed by atoms with Crippen molar-refractivity contribution >= 4 is 17.5 Å². The van der Waals surface area contributed by atoms with Gasteiger partial charge in [0.2, 0.25) is 11.8 Å². The molecule has 144 valence electrons. The predicted octanol–water partition coefficient (Wildman–Crippen LogP) is 2.62. The molecule has 6 heteroatoms. The standard InChI is InChI=1S/C21H28N4O2/c1-15(14-25-17(3)11-16(2)23-25)13-22-20(26)12-18-6-8-19(9-7-18)24-10-4-5-21(24)27/h6-9,11,15H,4-5,10,12-14H2,1-3H3,(H,22,26)/t15-/m1/s1. The van der Waals surface area contributed by atoms with Crippen molar-refractivity contribution < 1.29 is 9.59 Å². The van der Waals surface area contributed by atoms with E-state index in [1.807, 2.05) is 47.7 Å². The summed E-state index contributed by atoms with van der Waals surface area (Å²) < 4.78 is 1.99. The largest absolute Gasteiger partial charge is 0.355 e. The van der Waals surface area contributed by atoms with Gasteiger partial charge >= 0.3 is 0 Å². The second-order valence-electron chi connectivity index (χ2n) is 7.51. The summed E-state index contributed by atoms with van der Waals surface area (Å²) in [5.41, 5.74) is 4.03. The zero-order chi connectivity index (χ0) is 19.4. The molecule has 0 aliphatic carbocycles. The molecule has 1 aliphatic heterocycles. The maximum Gasteiger partial charge on any atom is 0.227 e. The summed E-state index contributed by atoms with van der Waals surface area (Å²) in [5, 5.41) is 7.48. The molecule has 0 bridgehead atoms. The highest BCUT2D eigenvalue weighted by atomic mass is 16.2. The summed E-state index contributed by atoms with van der Waals surface area (Å²) >= 11 is 0. The van der Waals surface area contributed by atoms with Gasteiger partial charge in [-0.25, -0.2) is 0 Å². The first-order valence-corrected chi connectivity index (χ1v) is 9.59. The Hall–Kier alpha value is -2.63. The summed E-state index contributed by atoms with van der Waals surface area (Å²) in [7, 11) is 0. The van der Waals surface area contributed by atoms with Crippen LogP contribution in [0.2, 0.25) is 0 Å². The summed E-state index contributed by atoms with van der Waals surface area (Å²) in [4.78, 5) is 25.8. The molecule has 1 N–H and O–H groups in total. The van der Waals surface area contributed by atoms with Crippen LogP contribution in [0.25, 0.3) is 0 Å². The highest BCUT2D eigenvalue weighted by molar-refractivity contribution is 5.95. The zero-order valence-electron chi connectivity index (χ0n) is 16.4. The molecular weight excluding hydrogens is 340 g/mol. The molecule has 2 amide bonds. The highest BCUT2D eigenvalue weighted by Gasteiger charge is 2.21. The van der Waals surface area contributed by atoms with Crippen molar-refractivity contribution in [3.63, 3.8) is 0 Å². The topological polar surface area (TPSA) is 67.2 Å². The average Bonchev–Trinajstić information content (AvgIpc) is 3.19. The Morgan fingerprint density at radius 2 is 2.00 bits per heavy atom. The van der Waals surface area contributed by atoms with Crippen LogP contribution in [-0.2, 0) is 22.6 Å². The summed E-state index contributed by atoms with van der Waals surface area (Å²) in [5.74, 6) is 0.493. The number of amides is 2. The fraction of sp³-hybridized carbons (Fsp3) is 0.476. The van der Waals surface area contributed by atoms with Crippen LogP contribution >= 0.6 is 0 Å². The molecule has 2 heterocycles. The number of aromatic nitrogens is 2. The van der Waals surface area contributed by atoms with Crippen molar-refractivity contribution in [3.05, 3.63) is 47.3 Å². The zero-order valence-corrected chi connectivity index (χ0v) is 16.4. The molecule has 0 spiro atoms. The van der Waals surface area contributed by atoms with Crippen molar-refractivity contribution in [2.75, 3.05) is 18.0 Å². The number of hydrogen-bond acceptors (Lipinski definition) is 3. The van der Waals surface area contributed by atoms with Gasteiger partial charge in [0.25, 0.3) is 0 Å². The molecular formula is C21H28N4O2. The van der Waals surface area contributed by atoms with Crippen molar-refractivity contribution in [3.8, 4) is 0 Å². The van der Waals surface area contributed by atoms with Crippen molar-refractivity contribution in [1.82, 2.24) is 15.1 Å². The first kappa shape index (κ1) is 19.1. The van der Waals surface area contributed by atoms with E-state index in [9.17, 15) is 9.59 Å². The Balaban J connectivity index is 1.46. The number of rotatable bonds is 7. The van der Waals surface area contributed by atoms with Crippen molar-refractivity contribution in [1.29, 1.82) is 0 Å². The van der Waals surface area contributed by atoms with E-state index in [1.165, 1.54) is 0 Å². The molecule has 6 nitrogen and oxygen atoms in total. The molecule has 1 aromatic carbocycles. The third-order valence-corrected chi connectivity index (χ3v) is 4.92. The summed E-state index contributed by atoms with van der Waals surface area (Å²) in [6.45, 7) is 8.34. The Kier molecular flexibility index (Phi) is 5.94. The fourth-order valence-electron chi connectivity index (χ4n) is 3.47. The Morgan fingerprint density at radius 3 is 2.59 bits per heavy atom. The Labute approximate surface area is 160 Å². The molecule has 0 saturated carbocycles. The highest BCUT2D eigenvalue weighted by Crippen LogP contribution is 2.21. The van der Waals surface area contributed by atoms with Gasteiger partial charge in [-0.05, 0) is 49.9 Å². The SMILES string of the molecule is Cc1cc(C)n(C[C@H](C)CNC(=O)Cc2ccc(N3CCCC3=O)cc2)n1. The number of nitrogens with one attached hydrogen (secondary N) is 1. The average molecular weight is 368 g/mol. The smallest absolute Gasteiger partial charge is 0.227 e. The Morgan fingerprint density at radius 1 is 1.26 bits per heavy atom. The maximum atomic E-state index is 12.2. The van der Waals surface area contributed by atoms with Crippen LogP contribution in [0.3, 0.4) is 0 Å². The second kappa shape index (κ2) is 8.37. The van der Waals surface area contributed by atoms with Gasteiger partial charge in [0.1, 0.15) is 0 Å². The lowest BCUT2D eigenvalue weighted by Gasteiger charge is -2.16. The molecule has 1 saturated heterocycles. The molecule has 1 aliphatic rings. The Bertz CT molecular complexity index is 810. The minimum absolute atomic E-state index is 0.0141. The number of aryl methyl sites for hydroxylation is 2. The first-order valence-electron chi connectivity index (χ1n) is 9.59. The van der Waals surface area contributed by atoms with Gasteiger partial charge in [-0.15, -0.1) is 0 Å². The molecule has 1 fully saturated rings. The van der Waals surface area contributed by atoms with Crippen LogP contribution in [0, 0.1) is 19.8 Å². The number of carbonyl (C=O) groups is 2. The van der Waals surface area contributed by atoms with E-state index in [4.69, 9.17) is 0 Å². The molecule has 2 aromatic rings. The molecule has 27 heavy (non-hydrogen) atoms. The van der Waals surface area contributed by atoms with Gasteiger partial charge in [0, 0.05) is 37.4 Å². The van der Waals surface area contributed by atoms with Gasteiger partial charge in [0.05, 0.1) is 12.1 Å². The van der Waals surface area contributed by atoms with E-state index in [2.05, 4.69) is 23.4 Å². The van der Waals surface area contributed by atoms with Crippen LogP contribution in [0.15, 0.2) is 30.3 Å². The van der Waals surface area contributed by atoms with Gasteiger partial charge in [-0.3, -0.25) is 14.3 Å². The molecule has 0 radical (unpaired) electrons. The lowest BCUT2D eigenvalue weighted by Crippen LogP contribution is -2.31. The lowest BCUT2D eigenvalue weighted by atomic mass is 10.1. The lowest BCUT2D eigenvalue weighted by molar-refractivity contribution is -0.120. The van der Waals surface area contributed by atoms with Crippen molar-refractivity contribution in [2.45, 2.75) is 46.6 Å². The van der Waals surface area contributed by atoms with Crippen LogP contribution in [0.4, 0.5) is 5.69 Å². The number of hydrogen-bond donors (Lipinski definition) is 1. The normalized spacial score (nSPS) is 15.2. The number of anilines is 1. The van der Waals surface area contributed by atoms with E-state index < -0.39 is 0 Å². The summed E-state index contributed by atoms with van der Waals surface area (Å²) in [6.07, 6.45) is 1.89. The van der Waals surface area contributed by atoms with Crippen LogP contribution < -0.4 is 10.2 Å². The van der Waals surface area contributed by atoms with E-state index in [1.54, 1.807) is 0 Å². The third kappa shape index (κ3) is 4.96. The number of benzene rings is 1. The van der Waals surface area contributed by atoms with Crippen LogP contribution in [-0.4, -0.2) is 34.7 Å². The van der Waals surface area contributed by atoms with E-state index in [0.717, 1.165) is 42.1 Å². The monoisotopic (exact) mass is 368 g/mol. The molecule has 3 rings (SSSR count). The van der Waals surface area contributed by atoms with Crippen LogP contribution in [0.1, 0.15) is 36.7 Å². The van der Waals surface area contributed by atoms with E-state index >= 15 is 0 Å². The number of nitrogens with zero attached hydrogens (tertiary/aromatic N) is 3.